The fraction of sp³-hybridized carbons (Fsp3) is 0.0714. The van der Waals surface area contributed by atoms with E-state index in [-0.39, 0.29) is 28.9 Å². The molecule has 0 aliphatic carbocycles. The Hall–Kier alpha value is -3.99. The number of thioether (sulfide) groups is 1. The van der Waals surface area contributed by atoms with Crippen LogP contribution >= 0.6 is 23.4 Å². The minimum absolute atomic E-state index is 0.0170. The summed E-state index contributed by atoms with van der Waals surface area (Å²) in [6.45, 7) is 0.0650. The molecule has 0 saturated carbocycles. The molecule has 8 nitrogen and oxygen atoms in total. The van der Waals surface area contributed by atoms with Crippen LogP contribution in [0.25, 0.3) is 16.8 Å². The Kier molecular flexibility index (Phi) is 6.46. The van der Waals surface area contributed by atoms with E-state index in [0.29, 0.717) is 27.6 Å². The fourth-order valence-corrected chi connectivity index (χ4v) is 6.17. The number of amides is 2. The smallest absolute Gasteiger partial charge is 0.339 e. The third kappa shape index (κ3) is 5.06. The Morgan fingerprint density at radius 2 is 1.64 bits per heavy atom. The standard InChI is InChI=1S/C28H18ClNO7S2/c29-23-14-25-24(35-16-36-25)13-20(23)15-30-27(31)26(38-28(30)32)11-17-5-8-21(9-6-17)37-39(33,34)22-10-7-18-3-1-2-4-19(18)12-22/h1-14H,15-16H2/b26-11-. The van der Waals surface area contributed by atoms with E-state index in [2.05, 4.69) is 0 Å². The van der Waals surface area contributed by atoms with E-state index in [9.17, 15) is 18.0 Å². The third-order valence-corrected chi connectivity index (χ3v) is 8.64. The zero-order valence-electron chi connectivity index (χ0n) is 20.0. The molecule has 0 spiro atoms. The van der Waals surface area contributed by atoms with Crippen LogP contribution in [0, 0.1) is 0 Å². The van der Waals surface area contributed by atoms with E-state index in [1.54, 1.807) is 42.5 Å². The molecule has 6 rings (SSSR count). The van der Waals surface area contributed by atoms with Gasteiger partial charge in [0, 0.05) is 11.1 Å². The lowest BCUT2D eigenvalue weighted by molar-refractivity contribution is -0.123. The van der Waals surface area contributed by atoms with Crippen LogP contribution in [0.1, 0.15) is 11.1 Å². The number of imide groups is 1. The summed E-state index contributed by atoms with van der Waals surface area (Å²) in [6.07, 6.45) is 1.56. The minimum atomic E-state index is -4.05. The van der Waals surface area contributed by atoms with Crippen molar-refractivity contribution >= 4 is 61.5 Å². The second-order valence-electron chi connectivity index (χ2n) is 8.68. The lowest BCUT2D eigenvalue weighted by Gasteiger charge is -2.14. The monoisotopic (exact) mass is 579 g/mol. The van der Waals surface area contributed by atoms with Gasteiger partial charge in [-0.3, -0.25) is 14.5 Å². The number of rotatable bonds is 6. The molecule has 0 unspecified atom stereocenters. The SMILES string of the molecule is O=C1S/C(=C\c2ccc(OS(=O)(=O)c3ccc4ccccc4c3)cc2)C(=O)N1Cc1cc2c(cc1Cl)OCO2. The van der Waals surface area contributed by atoms with Gasteiger partial charge in [-0.05, 0) is 70.1 Å². The van der Waals surface area contributed by atoms with Crippen LogP contribution in [-0.4, -0.2) is 31.3 Å². The van der Waals surface area contributed by atoms with Gasteiger partial charge in [0.05, 0.1) is 11.4 Å². The number of hydrogen-bond donors (Lipinski definition) is 0. The van der Waals surface area contributed by atoms with Gasteiger partial charge in [-0.2, -0.15) is 8.42 Å². The van der Waals surface area contributed by atoms with Gasteiger partial charge < -0.3 is 13.7 Å². The van der Waals surface area contributed by atoms with Gasteiger partial charge in [-0.25, -0.2) is 0 Å². The Morgan fingerprint density at radius 1 is 0.923 bits per heavy atom. The molecule has 0 radical (unpaired) electrons. The quantitative estimate of drug-likeness (QED) is 0.196. The highest BCUT2D eigenvalue weighted by atomic mass is 35.5. The lowest BCUT2D eigenvalue weighted by Crippen LogP contribution is -2.27. The normalized spacial score (nSPS) is 15.9. The minimum Gasteiger partial charge on any atom is -0.454 e. The highest BCUT2D eigenvalue weighted by Gasteiger charge is 2.35. The van der Waals surface area contributed by atoms with Crippen molar-refractivity contribution in [2.75, 3.05) is 6.79 Å². The van der Waals surface area contributed by atoms with E-state index in [4.69, 9.17) is 25.3 Å². The zero-order valence-corrected chi connectivity index (χ0v) is 22.4. The van der Waals surface area contributed by atoms with Gasteiger partial charge in [-0.1, -0.05) is 54.1 Å². The van der Waals surface area contributed by atoms with E-state index >= 15 is 0 Å². The third-order valence-electron chi connectivity index (χ3n) is 6.14. The number of benzene rings is 4. The number of ether oxygens (including phenoxy) is 2. The Bertz CT molecular complexity index is 1790. The molecule has 0 atom stereocenters. The van der Waals surface area contributed by atoms with Gasteiger partial charge in [0.15, 0.2) is 11.5 Å². The van der Waals surface area contributed by atoms with Crippen molar-refractivity contribution in [1.29, 1.82) is 0 Å². The van der Waals surface area contributed by atoms with Crippen LogP contribution in [0.2, 0.25) is 5.02 Å². The summed E-state index contributed by atoms with van der Waals surface area (Å²) in [5.41, 5.74) is 1.15. The average Bonchev–Trinajstić information content (AvgIpc) is 3.48. The molecule has 2 heterocycles. The van der Waals surface area contributed by atoms with E-state index in [0.717, 1.165) is 27.4 Å². The predicted molar refractivity (Wildman–Crippen MR) is 147 cm³/mol. The molecule has 0 aromatic heterocycles. The predicted octanol–water partition coefficient (Wildman–Crippen LogP) is 6.23. The van der Waals surface area contributed by atoms with Crippen molar-refractivity contribution in [2.45, 2.75) is 11.4 Å². The van der Waals surface area contributed by atoms with Crippen molar-refractivity contribution < 1.29 is 31.7 Å². The fourth-order valence-electron chi connectivity index (χ4n) is 4.16. The van der Waals surface area contributed by atoms with Crippen LogP contribution in [0.4, 0.5) is 4.79 Å². The molecule has 196 valence electrons. The molecular weight excluding hydrogens is 562 g/mol. The lowest BCUT2D eigenvalue weighted by atomic mass is 10.1. The van der Waals surface area contributed by atoms with Crippen molar-refractivity contribution in [3.8, 4) is 17.2 Å². The van der Waals surface area contributed by atoms with Crippen LogP contribution in [-0.2, 0) is 21.5 Å². The van der Waals surface area contributed by atoms with Crippen LogP contribution in [0.3, 0.4) is 0 Å². The van der Waals surface area contributed by atoms with Gasteiger partial charge in [0.25, 0.3) is 11.1 Å². The summed E-state index contributed by atoms with van der Waals surface area (Å²) in [4.78, 5) is 27.0. The van der Waals surface area contributed by atoms with Gasteiger partial charge in [-0.15, -0.1) is 0 Å². The van der Waals surface area contributed by atoms with Crippen molar-refractivity contribution in [2.24, 2.45) is 0 Å². The second-order valence-corrected chi connectivity index (χ2v) is 11.6. The highest BCUT2D eigenvalue weighted by Crippen LogP contribution is 2.39. The first-order valence-corrected chi connectivity index (χ1v) is 14.2. The molecule has 39 heavy (non-hydrogen) atoms. The maximum Gasteiger partial charge on any atom is 0.339 e. The molecule has 2 aliphatic rings. The van der Waals surface area contributed by atoms with E-state index < -0.39 is 21.3 Å². The number of hydrogen-bond acceptors (Lipinski definition) is 8. The second kappa shape index (κ2) is 9.96. The molecule has 1 fully saturated rings. The van der Waals surface area contributed by atoms with Gasteiger partial charge in [0.1, 0.15) is 10.6 Å². The Morgan fingerprint density at radius 3 is 2.41 bits per heavy atom. The van der Waals surface area contributed by atoms with Crippen molar-refractivity contribution in [1.82, 2.24) is 4.90 Å². The number of halogens is 1. The molecule has 0 N–H and O–H groups in total. The highest BCUT2D eigenvalue weighted by molar-refractivity contribution is 8.18. The largest absolute Gasteiger partial charge is 0.454 e. The number of nitrogens with zero attached hydrogens (tertiary/aromatic N) is 1. The van der Waals surface area contributed by atoms with Crippen LogP contribution < -0.4 is 13.7 Å². The summed E-state index contributed by atoms with van der Waals surface area (Å²) in [5, 5.41) is 1.63. The Balaban J connectivity index is 1.16. The molecule has 11 heteroatoms. The van der Waals surface area contributed by atoms with Gasteiger partial charge in [0.2, 0.25) is 6.79 Å². The van der Waals surface area contributed by atoms with E-state index in [1.165, 1.54) is 18.2 Å². The summed E-state index contributed by atoms with van der Waals surface area (Å²) in [7, 11) is -4.05. The summed E-state index contributed by atoms with van der Waals surface area (Å²) < 4.78 is 41.6. The maximum absolute atomic E-state index is 13.0. The molecule has 4 aromatic carbocycles. The zero-order chi connectivity index (χ0) is 27.1. The van der Waals surface area contributed by atoms with E-state index in [1.807, 2.05) is 24.3 Å². The Labute approximate surface area is 232 Å². The van der Waals surface area contributed by atoms with Crippen LogP contribution in [0.15, 0.2) is 88.7 Å². The van der Waals surface area contributed by atoms with Gasteiger partial charge >= 0.3 is 10.1 Å². The first-order chi connectivity index (χ1) is 18.8. The molecule has 1 saturated heterocycles. The summed E-state index contributed by atoms with van der Waals surface area (Å²) >= 11 is 7.12. The molecule has 2 aliphatic heterocycles. The summed E-state index contributed by atoms with van der Waals surface area (Å²) in [6, 6.07) is 21.7. The van der Waals surface area contributed by atoms with Crippen molar-refractivity contribution in [3.63, 3.8) is 0 Å². The van der Waals surface area contributed by atoms with Crippen LogP contribution in [0.5, 0.6) is 17.2 Å². The first-order valence-electron chi connectivity index (χ1n) is 11.6. The number of fused-ring (bicyclic) bond motifs is 2. The number of carbonyl (C=O) groups is 2. The first kappa shape index (κ1) is 25.3. The topological polar surface area (TPSA) is 99.2 Å². The molecule has 2 amide bonds. The maximum atomic E-state index is 13.0. The number of carbonyl (C=O) groups excluding carboxylic acids is 2. The molecule has 0 bridgehead atoms. The summed E-state index contributed by atoms with van der Waals surface area (Å²) in [5.74, 6) is 0.668. The molecular formula is C28H18ClNO7S2. The van der Waals surface area contributed by atoms with Crippen molar-refractivity contribution in [3.05, 3.63) is 99.9 Å². The average molecular weight is 580 g/mol. The molecule has 4 aromatic rings.